The summed E-state index contributed by atoms with van der Waals surface area (Å²) in [5, 5.41) is 21.0. The second-order valence-electron chi connectivity index (χ2n) is 2.37. The maximum absolute atomic E-state index is 7.00. The van der Waals surface area contributed by atoms with Gasteiger partial charge in [-0.15, -0.1) is 0 Å². The van der Waals surface area contributed by atoms with E-state index in [1.165, 1.54) is 0 Å². The fraction of sp³-hybridized carbons (Fsp3) is 0.500. The van der Waals surface area contributed by atoms with Crippen molar-refractivity contribution >= 4 is 18.7 Å². The van der Waals surface area contributed by atoms with Gasteiger partial charge in [-0.05, 0) is 0 Å². The Hall–Kier alpha value is 0.643. The van der Waals surface area contributed by atoms with Gasteiger partial charge in [0.2, 0.25) is 0 Å². The van der Waals surface area contributed by atoms with Gasteiger partial charge in [-0.3, -0.25) is 0 Å². The molecule has 0 bridgehead atoms. The molecular formula is C10H23GeHfO3-. The zero-order valence-corrected chi connectivity index (χ0v) is 16.2. The molecule has 1 aromatic rings. The smallest absolute Gasteiger partial charge is 0 e. The van der Waals surface area contributed by atoms with Crippen LogP contribution in [0.3, 0.4) is 0 Å². The Bertz CT molecular complexity index is 156. The van der Waals surface area contributed by atoms with Crippen molar-refractivity contribution in [3.05, 3.63) is 24.3 Å². The average Bonchev–Trinajstić information content (AvgIpc) is 2.80. The Kier molecular flexibility index (Phi) is 39.7. The molecule has 0 aliphatic heterocycles. The first-order valence-electron chi connectivity index (χ1n) is 4.36. The minimum Gasteiger partial charge on any atom is 0 e. The van der Waals surface area contributed by atoms with E-state index in [4.69, 9.17) is 15.3 Å². The van der Waals surface area contributed by atoms with Crippen molar-refractivity contribution in [2.24, 2.45) is 0 Å². The summed E-state index contributed by atoms with van der Waals surface area (Å²) in [6.45, 7) is 0. The van der Waals surface area contributed by atoms with Gasteiger partial charge in [0.1, 0.15) is 0 Å². The van der Waals surface area contributed by atoms with E-state index < -0.39 is 14.3 Å². The predicted octanol–water partition coefficient (Wildman–Crippen LogP) is -0.0778. The van der Waals surface area contributed by atoms with E-state index in [0.717, 1.165) is 21.3 Å². The molecule has 0 aliphatic rings. The normalized spacial score (nSPS) is 6.73. The third kappa shape index (κ3) is 17.3. The number of rotatable bonds is 1. The third-order valence-corrected chi connectivity index (χ3v) is 4.96. The maximum atomic E-state index is 7.00. The molecule has 90 valence electrons. The van der Waals surface area contributed by atoms with Gasteiger partial charge in [-0.25, -0.2) is 0 Å². The van der Waals surface area contributed by atoms with Crippen molar-refractivity contribution in [1.82, 2.24) is 0 Å². The maximum Gasteiger partial charge on any atom is 0 e. The van der Waals surface area contributed by atoms with Crippen LogP contribution >= 0.6 is 0 Å². The average molecular weight is 442 g/mol. The van der Waals surface area contributed by atoms with Crippen molar-refractivity contribution < 1.29 is 41.2 Å². The zero-order valence-electron chi connectivity index (χ0n) is 10.2. The molecule has 0 unspecified atom stereocenters. The van der Waals surface area contributed by atoms with Crippen LogP contribution in [0, 0.1) is 0 Å². The first kappa shape index (κ1) is 24.7. The minimum absolute atomic E-state index is 0. The van der Waals surface area contributed by atoms with Crippen molar-refractivity contribution in [2.45, 2.75) is 11.5 Å². The van der Waals surface area contributed by atoms with Gasteiger partial charge < -0.3 is 15.3 Å². The SMILES string of the molecule is CO.CO.CO.[CH3][GeH]([CH3])[c-]1cccc1.[Hf]. The molecule has 0 aliphatic carbocycles. The Balaban J connectivity index is -0.0000000755. The van der Waals surface area contributed by atoms with Crippen molar-refractivity contribution in [2.75, 3.05) is 21.3 Å². The van der Waals surface area contributed by atoms with E-state index in [9.17, 15) is 0 Å². The largest absolute Gasteiger partial charge is 0 e. The summed E-state index contributed by atoms with van der Waals surface area (Å²) in [7, 11) is 3.00. The molecule has 0 saturated heterocycles. The molecular weight excluding hydrogens is 419 g/mol. The summed E-state index contributed by atoms with van der Waals surface area (Å²) in [5.41, 5.74) is 0. The van der Waals surface area contributed by atoms with Gasteiger partial charge in [0.15, 0.2) is 0 Å². The molecule has 3 nitrogen and oxygen atoms in total. The first-order valence-corrected chi connectivity index (χ1v) is 10.4. The Morgan fingerprint density at radius 2 is 1.07 bits per heavy atom. The molecule has 0 radical (unpaired) electrons. The molecule has 1 rings (SSSR count). The summed E-state index contributed by atoms with van der Waals surface area (Å²) in [5.74, 6) is 4.78. The van der Waals surface area contributed by atoms with Crippen LogP contribution in [0.5, 0.6) is 0 Å². The van der Waals surface area contributed by atoms with Gasteiger partial charge >= 0.3 is 54.5 Å². The Morgan fingerprint density at radius 3 is 1.20 bits per heavy atom. The van der Waals surface area contributed by atoms with Crippen molar-refractivity contribution in [1.29, 1.82) is 0 Å². The summed E-state index contributed by atoms with van der Waals surface area (Å²) in [6.07, 6.45) is 0. The molecule has 0 spiro atoms. The Labute approximate surface area is 116 Å². The van der Waals surface area contributed by atoms with Crippen LogP contribution in [0.4, 0.5) is 0 Å². The predicted molar refractivity (Wildman–Crippen MR) is 65.0 cm³/mol. The minimum atomic E-state index is -0.888. The second kappa shape index (κ2) is 24.1. The van der Waals surface area contributed by atoms with E-state index in [-0.39, 0.29) is 25.8 Å². The van der Waals surface area contributed by atoms with Crippen LogP contribution in [0.2, 0.25) is 11.5 Å². The second-order valence-corrected chi connectivity index (χ2v) is 8.62. The molecule has 0 heterocycles. The van der Waals surface area contributed by atoms with E-state index in [0.29, 0.717) is 0 Å². The number of hydrogen-bond acceptors (Lipinski definition) is 3. The van der Waals surface area contributed by atoms with Crippen LogP contribution in [0.1, 0.15) is 0 Å². The molecule has 0 saturated carbocycles. The first-order chi connectivity index (χ1) is 6.80. The summed E-state index contributed by atoms with van der Waals surface area (Å²) in [6, 6.07) is 8.73. The topological polar surface area (TPSA) is 60.7 Å². The fourth-order valence-corrected chi connectivity index (χ4v) is 2.86. The molecule has 1 aromatic carbocycles. The van der Waals surface area contributed by atoms with Crippen molar-refractivity contribution in [3.63, 3.8) is 0 Å². The molecule has 3 N–H and O–H groups in total. The van der Waals surface area contributed by atoms with Crippen LogP contribution in [-0.4, -0.2) is 51.0 Å². The van der Waals surface area contributed by atoms with Crippen LogP contribution in [0.15, 0.2) is 24.3 Å². The van der Waals surface area contributed by atoms with Gasteiger partial charge in [-0.1, -0.05) is 0 Å². The van der Waals surface area contributed by atoms with Crippen LogP contribution < -0.4 is 4.40 Å². The standard InChI is InChI=1S/C7H11Ge.3CH4O.Hf/c1-8(2)7-5-3-4-6-7;3*1-2;/h3-6,8H,1-2H3;3*2H,1H3;/q-1;;;;. The number of hydrogen-bond donors (Lipinski definition) is 3. The van der Waals surface area contributed by atoms with Crippen LogP contribution in [0.25, 0.3) is 0 Å². The van der Waals surface area contributed by atoms with Gasteiger partial charge in [-0.2, -0.15) is 0 Å². The number of aliphatic hydroxyl groups is 3. The molecule has 0 aromatic heterocycles. The molecule has 15 heavy (non-hydrogen) atoms. The summed E-state index contributed by atoms with van der Waals surface area (Å²) in [4.78, 5) is 0. The van der Waals surface area contributed by atoms with Crippen molar-refractivity contribution in [3.8, 4) is 0 Å². The fourth-order valence-electron chi connectivity index (χ4n) is 0.774. The van der Waals surface area contributed by atoms with E-state index in [1.807, 2.05) is 0 Å². The molecule has 0 amide bonds. The molecule has 5 heteroatoms. The van der Waals surface area contributed by atoms with E-state index in [2.05, 4.69) is 35.8 Å². The van der Waals surface area contributed by atoms with E-state index in [1.54, 1.807) is 4.40 Å². The van der Waals surface area contributed by atoms with Crippen LogP contribution in [-0.2, 0) is 25.8 Å². The van der Waals surface area contributed by atoms with E-state index >= 15 is 0 Å². The van der Waals surface area contributed by atoms with Gasteiger partial charge in [0.25, 0.3) is 0 Å². The molecule has 0 fully saturated rings. The third-order valence-electron chi connectivity index (χ3n) is 1.36. The summed E-state index contributed by atoms with van der Waals surface area (Å²) < 4.78 is 1.62. The monoisotopic (exact) mass is 445 g/mol. The van der Waals surface area contributed by atoms with Gasteiger partial charge in [0, 0.05) is 47.2 Å². The zero-order chi connectivity index (χ0) is 12.0. The number of aliphatic hydroxyl groups excluding tert-OH is 3. The molecule has 0 atom stereocenters. The Morgan fingerprint density at radius 1 is 0.800 bits per heavy atom. The quantitative estimate of drug-likeness (QED) is 0.422. The summed E-state index contributed by atoms with van der Waals surface area (Å²) >= 11 is -0.888. The van der Waals surface area contributed by atoms with Gasteiger partial charge in [0.05, 0.1) is 0 Å².